The molecule has 14 nitrogen and oxygen atoms in total. The Morgan fingerprint density at radius 3 is 1.41 bits per heavy atom. The van der Waals surface area contributed by atoms with Gasteiger partial charge in [-0.15, -0.1) is 0 Å². The third kappa shape index (κ3) is 21.4. The molecule has 7 N–H and O–H groups in total. The van der Waals surface area contributed by atoms with Gasteiger partial charge in [0.15, 0.2) is 0 Å². The van der Waals surface area contributed by atoms with E-state index in [4.69, 9.17) is 10.9 Å². The lowest BCUT2D eigenvalue weighted by atomic mass is 10.2. The lowest BCUT2D eigenvalue weighted by Gasteiger charge is -2.18. The van der Waals surface area contributed by atoms with Crippen molar-refractivity contribution in [3.05, 3.63) is 5.21 Å². The molecule has 0 aromatic rings. The number of hydrogen-bond acceptors (Lipinski definition) is 10. The van der Waals surface area contributed by atoms with Crippen LogP contribution in [-0.2, 0) is 19.2 Å². The second-order valence-electron chi connectivity index (χ2n) is 8.78. The highest BCUT2D eigenvalue weighted by atomic mass is 16.8. The maximum Gasteiger partial charge on any atom is 0.246 e. The van der Waals surface area contributed by atoms with Gasteiger partial charge in [0, 0.05) is 58.4 Å². The molecule has 14 heteroatoms. The van der Waals surface area contributed by atoms with Gasteiger partial charge in [-0.05, 0) is 51.5 Å². The Morgan fingerprint density at radius 1 is 0.595 bits per heavy atom. The maximum absolute atomic E-state index is 11.9. The predicted octanol–water partition coefficient (Wildman–Crippen LogP) is 0.873. The summed E-state index contributed by atoms with van der Waals surface area (Å²) in [7, 11) is 0. The number of nitrogens with zero attached hydrogens (tertiary/aromatic N) is 3. The molecule has 0 heterocycles. The molecular formula is C23H45N6O8-. The number of hydroxylamine groups is 6. The predicted molar refractivity (Wildman–Crippen MR) is 134 cm³/mol. The summed E-state index contributed by atoms with van der Waals surface area (Å²) in [6.45, 7) is 1.72. The highest BCUT2D eigenvalue weighted by Gasteiger charge is 2.14. The fourth-order valence-electron chi connectivity index (χ4n) is 3.28. The van der Waals surface area contributed by atoms with Crippen LogP contribution in [0.15, 0.2) is 0 Å². The third-order valence-electron chi connectivity index (χ3n) is 5.50. The Hall–Kier alpha value is -2.36. The van der Waals surface area contributed by atoms with E-state index in [2.05, 4.69) is 10.6 Å². The van der Waals surface area contributed by atoms with Gasteiger partial charge in [0.1, 0.15) is 0 Å². The SMILES string of the molecule is NCCCCCN(O)C(=O)CCC(=O)NCCCCCN(O)C(=O)CCC(=O)NCCCCCN([O-])O. The average molecular weight is 534 g/mol. The Labute approximate surface area is 218 Å². The van der Waals surface area contributed by atoms with Gasteiger partial charge < -0.3 is 26.8 Å². The zero-order valence-electron chi connectivity index (χ0n) is 21.7. The van der Waals surface area contributed by atoms with E-state index in [-0.39, 0.29) is 62.4 Å². The quantitative estimate of drug-likeness (QED) is 0.0619. The van der Waals surface area contributed by atoms with Crippen LogP contribution in [0.2, 0.25) is 0 Å². The van der Waals surface area contributed by atoms with Crippen molar-refractivity contribution in [3.8, 4) is 0 Å². The van der Waals surface area contributed by atoms with E-state index >= 15 is 0 Å². The minimum atomic E-state index is -0.552. The molecule has 0 atom stereocenters. The van der Waals surface area contributed by atoms with Crippen LogP contribution in [0.5, 0.6) is 0 Å². The van der Waals surface area contributed by atoms with E-state index in [9.17, 15) is 34.8 Å². The van der Waals surface area contributed by atoms with Gasteiger partial charge in [0.05, 0.1) is 0 Å². The maximum atomic E-state index is 11.9. The standard InChI is InChI=1S/C23H45N6O8/c24-14-4-1-7-17-27(34)22(32)12-10-20(30)25-15-5-2-8-18-28(35)23(33)13-11-21(31)26-16-6-3-9-19-29(36)37/h34-36H,1-19,24H2,(H,25,30)(H,26,31)/q-1. The summed E-state index contributed by atoms with van der Waals surface area (Å²) >= 11 is 0. The first-order chi connectivity index (χ1) is 17.7. The topological polar surface area (TPSA) is 212 Å². The summed E-state index contributed by atoms with van der Waals surface area (Å²) in [4.78, 5) is 47.3. The lowest BCUT2D eigenvalue weighted by Crippen LogP contribution is -2.31. The zero-order chi connectivity index (χ0) is 27.9. The van der Waals surface area contributed by atoms with Crippen LogP contribution in [-0.4, -0.2) is 93.9 Å². The smallest absolute Gasteiger partial charge is 0.246 e. The molecule has 216 valence electrons. The molecule has 4 amide bonds. The van der Waals surface area contributed by atoms with Crippen LogP contribution in [0, 0.1) is 5.21 Å². The van der Waals surface area contributed by atoms with Crippen molar-refractivity contribution in [2.24, 2.45) is 5.73 Å². The Kier molecular flexibility index (Phi) is 21.4. The summed E-state index contributed by atoms with van der Waals surface area (Å²) in [6.07, 6.45) is 5.67. The number of amides is 4. The number of carbonyl (C=O) groups excluding carboxylic acids is 4. The van der Waals surface area contributed by atoms with E-state index < -0.39 is 11.8 Å². The second kappa shape index (κ2) is 22.8. The molecule has 0 saturated carbocycles. The molecule has 0 radical (unpaired) electrons. The number of nitrogens with one attached hydrogen (secondary N) is 2. The van der Waals surface area contributed by atoms with Crippen LogP contribution < -0.4 is 16.4 Å². The van der Waals surface area contributed by atoms with Crippen LogP contribution in [0.25, 0.3) is 0 Å². The number of hydrogen-bond donors (Lipinski definition) is 6. The Morgan fingerprint density at radius 2 is 1.00 bits per heavy atom. The molecule has 0 unspecified atom stereocenters. The van der Waals surface area contributed by atoms with Crippen molar-refractivity contribution in [1.29, 1.82) is 0 Å². The average Bonchev–Trinajstić information content (AvgIpc) is 2.87. The summed E-state index contributed by atoms with van der Waals surface area (Å²) in [5.41, 5.74) is 5.39. The van der Waals surface area contributed by atoms with Gasteiger partial charge in [0.2, 0.25) is 23.6 Å². The van der Waals surface area contributed by atoms with Gasteiger partial charge in [-0.25, -0.2) is 10.1 Å². The first-order valence-electron chi connectivity index (χ1n) is 13.0. The minimum Gasteiger partial charge on any atom is -0.762 e. The number of rotatable bonds is 23. The molecule has 0 fully saturated rings. The summed E-state index contributed by atoms with van der Waals surface area (Å²) in [6, 6.07) is 0. The first kappa shape index (κ1) is 34.6. The molecule has 0 rings (SSSR count). The third-order valence-corrected chi connectivity index (χ3v) is 5.50. The zero-order valence-corrected chi connectivity index (χ0v) is 21.7. The summed E-state index contributed by atoms with van der Waals surface area (Å²) in [5, 5.41) is 44.7. The molecule has 0 aliphatic rings. The first-order valence-corrected chi connectivity index (χ1v) is 13.0. The van der Waals surface area contributed by atoms with Gasteiger partial charge in [-0.3, -0.25) is 34.8 Å². The summed E-state index contributed by atoms with van der Waals surface area (Å²) < 4.78 is 0. The van der Waals surface area contributed by atoms with Crippen LogP contribution in [0.4, 0.5) is 0 Å². The lowest BCUT2D eigenvalue weighted by molar-refractivity contribution is -0.166. The normalized spacial score (nSPS) is 10.9. The highest BCUT2D eigenvalue weighted by Crippen LogP contribution is 2.03. The van der Waals surface area contributed by atoms with Crippen LogP contribution in [0.3, 0.4) is 0 Å². The number of carbonyl (C=O) groups is 4. The largest absolute Gasteiger partial charge is 0.762 e. The van der Waals surface area contributed by atoms with Gasteiger partial charge in [0.25, 0.3) is 0 Å². The molecule has 0 spiro atoms. The van der Waals surface area contributed by atoms with E-state index in [1.165, 1.54) is 0 Å². The van der Waals surface area contributed by atoms with Crippen molar-refractivity contribution in [2.45, 2.75) is 83.5 Å². The van der Waals surface area contributed by atoms with Gasteiger partial charge in [-0.1, -0.05) is 12.8 Å². The second-order valence-corrected chi connectivity index (χ2v) is 8.78. The highest BCUT2D eigenvalue weighted by molar-refractivity contribution is 5.83. The molecule has 0 bridgehead atoms. The molecule has 37 heavy (non-hydrogen) atoms. The van der Waals surface area contributed by atoms with Crippen LogP contribution >= 0.6 is 0 Å². The molecule has 0 aromatic carbocycles. The fourth-order valence-corrected chi connectivity index (χ4v) is 3.28. The Bertz CT molecular complexity index is 653. The monoisotopic (exact) mass is 533 g/mol. The molecule has 0 aliphatic carbocycles. The summed E-state index contributed by atoms with van der Waals surface area (Å²) in [5.74, 6) is -1.65. The van der Waals surface area contributed by atoms with Crippen molar-refractivity contribution < 1.29 is 34.8 Å². The molecule has 0 saturated heterocycles. The fraction of sp³-hybridized carbons (Fsp3) is 0.826. The van der Waals surface area contributed by atoms with E-state index in [1.54, 1.807) is 0 Å². The minimum absolute atomic E-state index is 0.0188. The van der Waals surface area contributed by atoms with Crippen molar-refractivity contribution in [3.63, 3.8) is 0 Å². The molecule has 0 aliphatic heterocycles. The van der Waals surface area contributed by atoms with Crippen LogP contribution in [0.1, 0.15) is 83.5 Å². The Balaban J connectivity index is 3.73. The molecule has 0 aromatic heterocycles. The van der Waals surface area contributed by atoms with E-state index in [0.717, 1.165) is 12.8 Å². The van der Waals surface area contributed by atoms with Crippen molar-refractivity contribution in [2.75, 3.05) is 39.3 Å². The van der Waals surface area contributed by atoms with Crippen molar-refractivity contribution in [1.82, 2.24) is 26.0 Å². The van der Waals surface area contributed by atoms with Gasteiger partial charge in [-0.2, -0.15) is 0 Å². The number of unbranched alkanes of at least 4 members (excludes halogenated alkanes) is 6. The van der Waals surface area contributed by atoms with Gasteiger partial charge >= 0.3 is 0 Å². The number of nitrogens with two attached hydrogens (primary N) is 1. The van der Waals surface area contributed by atoms with E-state index in [0.29, 0.717) is 74.7 Å². The van der Waals surface area contributed by atoms with Crippen molar-refractivity contribution >= 4 is 23.6 Å². The molecular weight excluding hydrogens is 488 g/mol. The van der Waals surface area contributed by atoms with E-state index in [1.807, 2.05) is 0 Å².